The predicted molar refractivity (Wildman–Crippen MR) is 101 cm³/mol. The molecule has 146 valence electrons. The van der Waals surface area contributed by atoms with E-state index >= 15 is 0 Å². The van der Waals surface area contributed by atoms with Crippen molar-refractivity contribution in [2.75, 3.05) is 0 Å². The Morgan fingerprint density at radius 2 is 1.69 bits per heavy atom. The molecule has 2 heterocycles. The molecule has 0 amide bonds. The number of benzene rings is 2. The topological polar surface area (TPSA) is 51.3 Å². The van der Waals surface area contributed by atoms with Gasteiger partial charge in [0.05, 0.1) is 5.56 Å². The Kier molecular flexibility index (Phi) is 4.22. The Morgan fingerprint density at radius 3 is 2.41 bits per heavy atom. The summed E-state index contributed by atoms with van der Waals surface area (Å²) in [5, 5.41) is 0. The quantitative estimate of drug-likeness (QED) is 0.531. The molecule has 1 unspecified atom stereocenters. The van der Waals surface area contributed by atoms with Crippen LogP contribution in [0.15, 0.2) is 59.7 Å². The van der Waals surface area contributed by atoms with Gasteiger partial charge in [-0.2, -0.15) is 13.2 Å². The maximum atomic E-state index is 15.0. The van der Waals surface area contributed by atoms with Crippen LogP contribution in [0.4, 0.5) is 22.0 Å². The number of hydrogen-bond donors (Lipinski definition) is 1. The number of aliphatic imine (C=N–C) groups is 1. The Balaban J connectivity index is 2.13. The highest BCUT2D eigenvalue weighted by molar-refractivity contribution is 6.32. The number of aromatic nitrogens is 1. The molecule has 9 heteroatoms. The fraction of sp³-hybridized carbons (Fsp3) is 0.100. The van der Waals surface area contributed by atoms with Gasteiger partial charge in [0.1, 0.15) is 36.5 Å². The van der Waals surface area contributed by atoms with Gasteiger partial charge in [-0.05, 0) is 29.8 Å². The number of nitrogens with two attached hydrogens (primary N) is 1. The van der Waals surface area contributed by atoms with E-state index < -0.39 is 29.0 Å². The lowest BCUT2D eigenvalue weighted by atomic mass is 9.75. The molecule has 1 atom stereocenters. The van der Waals surface area contributed by atoms with Crippen LogP contribution in [0.1, 0.15) is 27.9 Å². The van der Waals surface area contributed by atoms with Crippen LogP contribution in [0.5, 0.6) is 0 Å². The zero-order valence-electron chi connectivity index (χ0n) is 15.1. The maximum Gasteiger partial charge on any atom is 0.433 e. The average molecular weight is 401 g/mol. The van der Waals surface area contributed by atoms with Crippen molar-refractivity contribution in [3.05, 3.63) is 94.3 Å². The van der Waals surface area contributed by atoms with Gasteiger partial charge in [0.25, 0.3) is 0 Å². The molecule has 0 bridgehead atoms. The molecule has 0 saturated carbocycles. The lowest BCUT2D eigenvalue weighted by Crippen LogP contribution is -2.29. The molecule has 2 aromatic carbocycles. The van der Waals surface area contributed by atoms with Gasteiger partial charge in [-0.15, -0.1) is 0 Å². The Bertz CT molecular complexity index is 1160. The highest BCUT2D eigenvalue weighted by Gasteiger charge is 2.46. The van der Waals surface area contributed by atoms with Crippen molar-refractivity contribution in [3.63, 3.8) is 0 Å². The third-order valence-electron chi connectivity index (χ3n) is 4.93. The fourth-order valence-electron chi connectivity index (χ4n) is 3.69. The van der Waals surface area contributed by atoms with Crippen LogP contribution >= 0.6 is 0 Å². The molecule has 1 aliphatic rings. The Hall–Kier alpha value is -3.23. The predicted octanol–water partition coefficient (Wildman–Crippen LogP) is 2.65. The number of nitrogens with zero attached hydrogens (tertiary/aromatic N) is 2. The van der Waals surface area contributed by atoms with Crippen LogP contribution < -0.4 is 11.2 Å². The number of hydrogen-bond acceptors (Lipinski definition) is 3. The van der Waals surface area contributed by atoms with E-state index in [1.54, 1.807) is 7.85 Å². The van der Waals surface area contributed by atoms with Gasteiger partial charge in [-0.1, -0.05) is 29.7 Å². The number of halogens is 5. The SMILES string of the molecule is Bc1ccc(F)c(C2(c3ccnc(C(F)(F)F)c3)N=C(N)c3c(F)cccc32)c1. The van der Waals surface area contributed by atoms with E-state index in [0.29, 0.717) is 5.46 Å². The average Bonchev–Trinajstić information content (AvgIpc) is 2.98. The molecule has 0 saturated heterocycles. The second-order valence-corrected chi connectivity index (χ2v) is 6.78. The smallest absolute Gasteiger partial charge is 0.383 e. The minimum atomic E-state index is -4.72. The molecule has 3 aromatic rings. The van der Waals surface area contributed by atoms with Gasteiger partial charge in [0.2, 0.25) is 0 Å². The molecule has 0 spiro atoms. The lowest BCUT2D eigenvalue weighted by Gasteiger charge is -2.30. The Labute approximate surface area is 163 Å². The Morgan fingerprint density at radius 1 is 0.931 bits per heavy atom. The molecule has 4 rings (SSSR count). The van der Waals surface area contributed by atoms with Gasteiger partial charge in [-0.25, -0.2) is 13.8 Å². The summed E-state index contributed by atoms with van der Waals surface area (Å²) in [6.07, 6.45) is -3.75. The lowest BCUT2D eigenvalue weighted by molar-refractivity contribution is -0.141. The largest absolute Gasteiger partial charge is 0.433 e. The highest BCUT2D eigenvalue weighted by atomic mass is 19.4. The van der Waals surface area contributed by atoms with E-state index in [9.17, 15) is 22.0 Å². The van der Waals surface area contributed by atoms with Crippen LogP contribution in [-0.2, 0) is 11.7 Å². The summed E-state index contributed by atoms with van der Waals surface area (Å²) in [5.41, 5.74) is 3.74. The van der Waals surface area contributed by atoms with Crippen molar-refractivity contribution < 1.29 is 22.0 Å². The fourth-order valence-corrected chi connectivity index (χ4v) is 3.69. The number of alkyl halides is 3. The molecule has 1 aromatic heterocycles. The van der Waals surface area contributed by atoms with E-state index in [0.717, 1.165) is 18.3 Å². The minimum absolute atomic E-state index is 0.0170. The van der Waals surface area contributed by atoms with Crippen molar-refractivity contribution in [1.29, 1.82) is 0 Å². The first-order chi connectivity index (χ1) is 13.6. The van der Waals surface area contributed by atoms with Gasteiger partial charge >= 0.3 is 6.18 Å². The maximum absolute atomic E-state index is 15.0. The summed E-state index contributed by atoms with van der Waals surface area (Å²) in [6.45, 7) is 0. The number of rotatable bonds is 2. The second kappa shape index (κ2) is 6.40. The number of fused-ring (bicyclic) bond motifs is 1. The van der Waals surface area contributed by atoms with E-state index in [2.05, 4.69) is 9.98 Å². The molecule has 0 fully saturated rings. The molecule has 1 aliphatic heterocycles. The van der Waals surface area contributed by atoms with Gasteiger partial charge in [0, 0.05) is 17.3 Å². The second-order valence-electron chi connectivity index (χ2n) is 6.78. The summed E-state index contributed by atoms with van der Waals surface area (Å²) in [5.74, 6) is -1.61. The van der Waals surface area contributed by atoms with Crippen molar-refractivity contribution in [3.8, 4) is 0 Å². The van der Waals surface area contributed by atoms with E-state index in [-0.39, 0.29) is 28.1 Å². The van der Waals surface area contributed by atoms with Crippen molar-refractivity contribution in [2.24, 2.45) is 10.7 Å². The first kappa shape index (κ1) is 19.1. The molecular weight excluding hydrogens is 388 g/mol. The van der Waals surface area contributed by atoms with Gasteiger partial charge in [-0.3, -0.25) is 4.98 Å². The van der Waals surface area contributed by atoms with Crippen LogP contribution in [0, 0.1) is 11.6 Å². The summed E-state index contributed by atoms with van der Waals surface area (Å²) < 4.78 is 69.4. The van der Waals surface area contributed by atoms with Gasteiger partial charge in [0.15, 0.2) is 0 Å². The van der Waals surface area contributed by atoms with Crippen molar-refractivity contribution in [2.45, 2.75) is 11.7 Å². The number of amidine groups is 1. The summed E-state index contributed by atoms with van der Waals surface area (Å²) in [6, 6.07) is 10.3. The van der Waals surface area contributed by atoms with Crippen LogP contribution in [0.25, 0.3) is 0 Å². The third-order valence-corrected chi connectivity index (χ3v) is 4.93. The highest BCUT2D eigenvalue weighted by Crippen LogP contribution is 2.47. The summed E-state index contributed by atoms with van der Waals surface area (Å²) >= 11 is 0. The molecule has 29 heavy (non-hydrogen) atoms. The summed E-state index contributed by atoms with van der Waals surface area (Å²) in [7, 11) is 1.71. The van der Waals surface area contributed by atoms with Crippen LogP contribution in [-0.4, -0.2) is 18.7 Å². The first-order valence-corrected chi connectivity index (χ1v) is 8.59. The van der Waals surface area contributed by atoms with Crippen LogP contribution in [0.3, 0.4) is 0 Å². The minimum Gasteiger partial charge on any atom is -0.383 e. The van der Waals surface area contributed by atoms with Crippen molar-refractivity contribution in [1.82, 2.24) is 4.98 Å². The summed E-state index contributed by atoms with van der Waals surface area (Å²) in [4.78, 5) is 7.70. The van der Waals surface area contributed by atoms with E-state index in [1.165, 1.54) is 36.4 Å². The first-order valence-electron chi connectivity index (χ1n) is 8.59. The molecular formula is C20H13BF5N3. The van der Waals surface area contributed by atoms with E-state index in [4.69, 9.17) is 5.73 Å². The molecule has 0 radical (unpaired) electrons. The third kappa shape index (κ3) is 2.88. The zero-order valence-corrected chi connectivity index (χ0v) is 15.1. The van der Waals surface area contributed by atoms with Gasteiger partial charge < -0.3 is 5.73 Å². The van der Waals surface area contributed by atoms with Crippen LogP contribution in [0.2, 0.25) is 0 Å². The number of pyridine rings is 1. The van der Waals surface area contributed by atoms with E-state index in [1.807, 2.05) is 0 Å². The standard InChI is InChI=1S/C20H13BF5N3/c21-11-4-5-14(22)13(9-11)19(10-6-7-28-16(8-10)20(24,25)26)12-2-1-3-15(23)17(12)18(27)29-19/h1-9H,21H2,(H2,27,29). The zero-order chi connectivity index (χ0) is 21.0. The normalized spacial score (nSPS) is 18.4. The molecule has 3 nitrogen and oxygen atoms in total. The molecule has 2 N–H and O–H groups in total. The van der Waals surface area contributed by atoms with Crippen molar-refractivity contribution >= 4 is 19.1 Å². The molecule has 0 aliphatic carbocycles. The monoisotopic (exact) mass is 401 g/mol.